The smallest absolute Gasteiger partial charge is 0.452 e. The summed E-state index contributed by atoms with van der Waals surface area (Å²) in [5.41, 5.74) is -0.414. The standard InChI is InChI=1S/C22H19F3N4O4/c23-22(24,25)18-17(29-20(33-18)12-4-2-1-3-5-12)19(30)28-15-8-9-16(26-11-15)27-14-7-6-13(10-14)21(31)32/h1-5,8-9,11,13-14H,6-7,10H2,(H,26,27)(H,28,30)(H,31,32)/t13-,14?/m1/s1. The number of pyridine rings is 1. The Kier molecular flexibility index (Phi) is 6.03. The van der Waals surface area contributed by atoms with E-state index in [0.29, 0.717) is 30.6 Å². The lowest BCUT2D eigenvalue weighted by Gasteiger charge is -2.13. The van der Waals surface area contributed by atoms with Crippen LogP contribution < -0.4 is 10.6 Å². The number of aromatic nitrogens is 2. The molecule has 3 N–H and O–H groups in total. The molecule has 2 atom stereocenters. The van der Waals surface area contributed by atoms with Crippen molar-refractivity contribution < 1.29 is 32.3 Å². The van der Waals surface area contributed by atoms with Gasteiger partial charge >= 0.3 is 12.1 Å². The van der Waals surface area contributed by atoms with Crippen molar-refractivity contribution >= 4 is 23.4 Å². The Labute approximate surface area is 185 Å². The van der Waals surface area contributed by atoms with E-state index in [9.17, 15) is 22.8 Å². The highest BCUT2D eigenvalue weighted by atomic mass is 19.4. The SMILES string of the molecule is O=C(Nc1ccc(NC2CC[C@@H](C(=O)O)C2)nc1)c1nc(-c2ccccc2)oc1C(F)(F)F. The largest absolute Gasteiger partial charge is 0.481 e. The maximum absolute atomic E-state index is 13.4. The zero-order chi connectivity index (χ0) is 23.6. The summed E-state index contributed by atoms with van der Waals surface area (Å²) < 4.78 is 45.2. The third-order valence-electron chi connectivity index (χ3n) is 5.28. The van der Waals surface area contributed by atoms with Gasteiger partial charge in [0.05, 0.1) is 17.8 Å². The minimum absolute atomic E-state index is 0.0417. The van der Waals surface area contributed by atoms with Gasteiger partial charge < -0.3 is 20.2 Å². The second-order valence-electron chi connectivity index (χ2n) is 7.64. The fourth-order valence-electron chi connectivity index (χ4n) is 3.66. The van der Waals surface area contributed by atoms with Gasteiger partial charge in [0.15, 0.2) is 5.69 Å². The predicted octanol–water partition coefficient (Wildman–Crippen LogP) is 4.67. The molecular weight excluding hydrogens is 441 g/mol. The molecule has 0 saturated heterocycles. The summed E-state index contributed by atoms with van der Waals surface area (Å²) >= 11 is 0. The van der Waals surface area contributed by atoms with Gasteiger partial charge in [-0.15, -0.1) is 0 Å². The van der Waals surface area contributed by atoms with Gasteiger partial charge in [0.25, 0.3) is 5.91 Å². The van der Waals surface area contributed by atoms with E-state index >= 15 is 0 Å². The Morgan fingerprint density at radius 1 is 1.09 bits per heavy atom. The highest BCUT2D eigenvalue weighted by Gasteiger charge is 2.42. The zero-order valence-electron chi connectivity index (χ0n) is 17.1. The number of carbonyl (C=O) groups excluding carboxylic acids is 1. The lowest BCUT2D eigenvalue weighted by atomic mass is 10.1. The number of hydrogen-bond donors (Lipinski definition) is 3. The maximum atomic E-state index is 13.4. The van der Waals surface area contributed by atoms with E-state index < -0.39 is 35.4 Å². The number of benzene rings is 1. The normalized spacial score (nSPS) is 18.2. The molecule has 11 heteroatoms. The first-order valence-electron chi connectivity index (χ1n) is 10.1. The fraction of sp³-hybridized carbons (Fsp3) is 0.273. The molecule has 172 valence electrons. The van der Waals surface area contributed by atoms with Crippen LogP contribution in [0.15, 0.2) is 53.1 Å². The molecule has 2 aromatic heterocycles. The van der Waals surface area contributed by atoms with Crippen LogP contribution in [0.1, 0.15) is 35.5 Å². The van der Waals surface area contributed by atoms with Gasteiger partial charge in [0.2, 0.25) is 11.7 Å². The van der Waals surface area contributed by atoms with Crippen LogP contribution in [0.5, 0.6) is 0 Å². The average molecular weight is 460 g/mol. The molecule has 1 aromatic carbocycles. The molecule has 1 aliphatic rings. The van der Waals surface area contributed by atoms with E-state index in [1.54, 1.807) is 24.3 Å². The first kappa shape index (κ1) is 22.3. The van der Waals surface area contributed by atoms with Crippen molar-refractivity contribution in [1.82, 2.24) is 9.97 Å². The first-order chi connectivity index (χ1) is 15.7. The Balaban J connectivity index is 1.47. The molecule has 33 heavy (non-hydrogen) atoms. The summed E-state index contributed by atoms with van der Waals surface area (Å²) in [6.45, 7) is 0. The summed E-state index contributed by atoms with van der Waals surface area (Å²) in [6, 6.07) is 10.9. The van der Waals surface area contributed by atoms with Crippen molar-refractivity contribution in [3.8, 4) is 11.5 Å². The number of halogens is 3. The Bertz CT molecular complexity index is 1150. The van der Waals surface area contributed by atoms with E-state index in [4.69, 9.17) is 9.52 Å². The molecule has 1 aliphatic carbocycles. The molecule has 0 bridgehead atoms. The number of anilines is 2. The van der Waals surface area contributed by atoms with Crippen LogP contribution in [-0.4, -0.2) is 33.0 Å². The van der Waals surface area contributed by atoms with Crippen molar-refractivity contribution in [2.45, 2.75) is 31.5 Å². The quantitative estimate of drug-likeness (QED) is 0.489. The Morgan fingerprint density at radius 2 is 1.85 bits per heavy atom. The van der Waals surface area contributed by atoms with Crippen LogP contribution in [0.4, 0.5) is 24.7 Å². The summed E-state index contributed by atoms with van der Waals surface area (Å²) in [4.78, 5) is 31.5. The number of carbonyl (C=O) groups is 2. The molecule has 2 heterocycles. The van der Waals surface area contributed by atoms with Crippen molar-refractivity contribution in [3.63, 3.8) is 0 Å². The van der Waals surface area contributed by atoms with Gasteiger partial charge in [0, 0.05) is 11.6 Å². The van der Waals surface area contributed by atoms with E-state index in [1.807, 2.05) is 0 Å². The summed E-state index contributed by atoms with van der Waals surface area (Å²) in [5.74, 6) is -3.65. The van der Waals surface area contributed by atoms with Gasteiger partial charge in [-0.25, -0.2) is 9.97 Å². The lowest BCUT2D eigenvalue weighted by molar-refractivity contribution is -0.153. The maximum Gasteiger partial charge on any atom is 0.452 e. The average Bonchev–Trinajstić information content (AvgIpc) is 3.43. The predicted molar refractivity (Wildman–Crippen MR) is 112 cm³/mol. The zero-order valence-corrected chi connectivity index (χ0v) is 17.1. The van der Waals surface area contributed by atoms with Gasteiger partial charge in [0.1, 0.15) is 5.82 Å². The minimum Gasteiger partial charge on any atom is -0.481 e. The highest BCUT2D eigenvalue weighted by Crippen LogP contribution is 2.35. The van der Waals surface area contributed by atoms with Crippen LogP contribution in [-0.2, 0) is 11.0 Å². The number of aliphatic carboxylic acids is 1. The number of alkyl halides is 3. The topological polar surface area (TPSA) is 117 Å². The molecule has 4 rings (SSSR count). The molecule has 0 spiro atoms. The van der Waals surface area contributed by atoms with Gasteiger partial charge in [-0.3, -0.25) is 9.59 Å². The molecule has 1 unspecified atom stereocenters. The van der Waals surface area contributed by atoms with Crippen LogP contribution in [0.25, 0.3) is 11.5 Å². The highest BCUT2D eigenvalue weighted by molar-refractivity contribution is 6.04. The molecule has 1 fully saturated rings. The Morgan fingerprint density at radius 3 is 2.45 bits per heavy atom. The van der Waals surface area contributed by atoms with Crippen molar-refractivity contribution in [2.75, 3.05) is 10.6 Å². The number of nitrogens with zero attached hydrogens (tertiary/aromatic N) is 2. The number of carboxylic acid groups (broad SMARTS) is 1. The molecular formula is C22H19F3N4O4. The third kappa shape index (κ3) is 5.13. The van der Waals surface area contributed by atoms with E-state index in [2.05, 4.69) is 20.6 Å². The monoisotopic (exact) mass is 460 g/mol. The number of carboxylic acids is 1. The fourth-order valence-corrected chi connectivity index (χ4v) is 3.66. The molecule has 1 saturated carbocycles. The number of hydrogen-bond acceptors (Lipinski definition) is 6. The van der Waals surface area contributed by atoms with Crippen LogP contribution in [0, 0.1) is 5.92 Å². The molecule has 3 aromatic rings. The summed E-state index contributed by atoms with van der Waals surface area (Å²) in [6.07, 6.45) is -1.88. The van der Waals surface area contributed by atoms with Crippen molar-refractivity contribution in [1.29, 1.82) is 0 Å². The molecule has 0 aliphatic heterocycles. The van der Waals surface area contributed by atoms with Crippen LogP contribution in [0.2, 0.25) is 0 Å². The molecule has 1 amide bonds. The van der Waals surface area contributed by atoms with E-state index in [1.165, 1.54) is 24.4 Å². The van der Waals surface area contributed by atoms with Gasteiger partial charge in [-0.1, -0.05) is 18.2 Å². The Hall–Kier alpha value is -3.89. The second-order valence-corrected chi connectivity index (χ2v) is 7.64. The minimum atomic E-state index is -4.91. The molecule has 0 radical (unpaired) electrons. The van der Waals surface area contributed by atoms with Crippen LogP contribution >= 0.6 is 0 Å². The summed E-state index contributed by atoms with van der Waals surface area (Å²) in [5, 5.41) is 14.6. The number of amides is 1. The van der Waals surface area contributed by atoms with Crippen LogP contribution in [0.3, 0.4) is 0 Å². The van der Waals surface area contributed by atoms with Gasteiger partial charge in [-0.05, 0) is 43.5 Å². The lowest BCUT2D eigenvalue weighted by Crippen LogP contribution is -2.19. The first-order valence-corrected chi connectivity index (χ1v) is 10.1. The van der Waals surface area contributed by atoms with Crippen molar-refractivity contribution in [2.24, 2.45) is 5.92 Å². The van der Waals surface area contributed by atoms with Gasteiger partial charge in [-0.2, -0.15) is 13.2 Å². The molecule has 8 nitrogen and oxygen atoms in total. The number of nitrogens with one attached hydrogen (secondary N) is 2. The summed E-state index contributed by atoms with van der Waals surface area (Å²) in [7, 11) is 0. The van der Waals surface area contributed by atoms with Crippen molar-refractivity contribution in [3.05, 3.63) is 60.1 Å². The second kappa shape index (κ2) is 8.93. The number of oxazole rings is 1. The van der Waals surface area contributed by atoms with E-state index in [-0.39, 0.29) is 17.6 Å². The third-order valence-corrected chi connectivity index (χ3v) is 5.28. The van der Waals surface area contributed by atoms with E-state index in [0.717, 1.165) is 0 Å². The number of rotatable bonds is 6.